The van der Waals surface area contributed by atoms with Gasteiger partial charge >= 0.3 is 0 Å². The van der Waals surface area contributed by atoms with Crippen LogP contribution in [0.2, 0.25) is 0 Å². The van der Waals surface area contributed by atoms with Crippen molar-refractivity contribution in [3.8, 4) is 22.9 Å². The highest BCUT2D eigenvalue weighted by Crippen LogP contribution is 2.42. The predicted octanol–water partition coefficient (Wildman–Crippen LogP) is 7.61. The average Bonchev–Trinajstić information content (AvgIpc) is 3.59. The third-order valence-electron chi connectivity index (χ3n) is 6.68. The van der Waals surface area contributed by atoms with Crippen LogP contribution in [0.15, 0.2) is 120 Å². The molecule has 3 heterocycles. The van der Waals surface area contributed by atoms with Crippen LogP contribution in [0.25, 0.3) is 5.69 Å². The molecule has 1 N–H and O–H groups in total. The number of methoxy groups -OCH3 is 1. The van der Waals surface area contributed by atoms with Gasteiger partial charge in [-0.25, -0.2) is 0 Å². The van der Waals surface area contributed by atoms with Crippen LogP contribution < -0.4 is 19.7 Å². The summed E-state index contributed by atoms with van der Waals surface area (Å²) < 4.78 is 14.5. The van der Waals surface area contributed by atoms with Gasteiger partial charge in [0.25, 0.3) is 0 Å². The first-order chi connectivity index (χ1) is 19.1. The van der Waals surface area contributed by atoms with Crippen LogP contribution in [0, 0.1) is 0 Å². The van der Waals surface area contributed by atoms with Gasteiger partial charge in [-0.1, -0.05) is 28.1 Å². The van der Waals surface area contributed by atoms with E-state index in [9.17, 15) is 0 Å². The smallest absolute Gasteiger partial charge is 0.174 e. The van der Waals surface area contributed by atoms with Crippen molar-refractivity contribution in [1.82, 2.24) is 14.9 Å². The summed E-state index contributed by atoms with van der Waals surface area (Å²) in [7, 11) is 1.65. The number of nitrogens with zero attached hydrogens (tertiary/aromatic N) is 3. The Balaban J connectivity index is 1.37. The molecule has 0 bridgehead atoms. The Kier molecular flexibility index (Phi) is 7.04. The second-order valence-corrected chi connectivity index (χ2v) is 10.4. The van der Waals surface area contributed by atoms with Crippen LogP contribution in [-0.2, 0) is 0 Å². The van der Waals surface area contributed by atoms with Crippen LogP contribution in [0.4, 0.5) is 5.69 Å². The topological polar surface area (TPSA) is 51.6 Å². The Morgan fingerprint density at radius 2 is 1.56 bits per heavy atom. The fraction of sp³-hybridized carbons (Fsp3) is 0.0968. The Labute approximate surface area is 241 Å². The SMILES string of the molecule is COc1ccc(Oc2ccc(N3C(=S)NC(c4ccccn4)C3c3cccn3-c3cccc(Br)c3)cc2)cc1. The summed E-state index contributed by atoms with van der Waals surface area (Å²) in [6.07, 6.45) is 3.90. The number of ether oxygens (including phenoxy) is 2. The molecule has 6 nitrogen and oxygen atoms in total. The zero-order valence-corrected chi connectivity index (χ0v) is 23.5. The van der Waals surface area contributed by atoms with Crippen molar-refractivity contribution in [2.45, 2.75) is 12.1 Å². The Morgan fingerprint density at radius 3 is 2.26 bits per heavy atom. The van der Waals surface area contributed by atoms with E-state index in [-0.39, 0.29) is 12.1 Å². The molecule has 0 amide bonds. The van der Waals surface area contributed by atoms with E-state index in [2.05, 4.69) is 66.2 Å². The normalized spacial score (nSPS) is 16.7. The van der Waals surface area contributed by atoms with Crippen molar-refractivity contribution in [3.05, 3.63) is 131 Å². The lowest BCUT2D eigenvalue weighted by Gasteiger charge is -2.29. The molecule has 2 atom stereocenters. The van der Waals surface area contributed by atoms with E-state index in [0.717, 1.165) is 44.5 Å². The Hall–Kier alpha value is -4.14. The van der Waals surface area contributed by atoms with Gasteiger partial charge in [0.15, 0.2) is 5.11 Å². The molecule has 1 aliphatic heterocycles. The number of benzene rings is 3. The molecule has 0 aliphatic carbocycles. The summed E-state index contributed by atoms with van der Waals surface area (Å²) in [6.45, 7) is 0. The lowest BCUT2D eigenvalue weighted by Crippen LogP contribution is -2.30. The fourth-order valence-corrected chi connectivity index (χ4v) is 5.62. The third-order valence-corrected chi connectivity index (χ3v) is 7.49. The number of anilines is 1. The molecular weight excluding hydrogens is 572 g/mol. The molecular formula is C31H25BrN4O2S. The van der Waals surface area contributed by atoms with Gasteiger partial charge in [-0.3, -0.25) is 4.98 Å². The molecule has 2 unspecified atom stereocenters. The van der Waals surface area contributed by atoms with Gasteiger partial charge in [-0.05, 0) is 103 Å². The van der Waals surface area contributed by atoms with E-state index < -0.39 is 0 Å². The average molecular weight is 598 g/mol. The summed E-state index contributed by atoms with van der Waals surface area (Å²) in [6, 6.07) is 33.7. The highest BCUT2D eigenvalue weighted by atomic mass is 79.9. The largest absolute Gasteiger partial charge is 0.497 e. The zero-order chi connectivity index (χ0) is 26.8. The second-order valence-electron chi connectivity index (χ2n) is 9.05. The van der Waals surface area contributed by atoms with Crippen LogP contribution in [0.3, 0.4) is 0 Å². The van der Waals surface area contributed by atoms with Crippen molar-refractivity contribution in [3.63, 3.8) is 0 Å². The van der Waals surface area contributed by atoms with Crippen LogP contribution in [0.1, 0.15) is 23.5 Å². The van der Waals surface area contributed by atoms with Gasteiger partial charge in [0.1, 0.15) is 23.3 Å². The second kappa shape index (κ2) is 10.9. The van der Waals surface area contributed by atoms with E-state index in [1.807, 2.05) is 85.1 Å². The van der Waals surface area contributed by atoms with Crippen LogP contribution in [0.5, 0.6) is 17.2 Å². The number of hydrogen-bond acceptors (Lipinski definition) is 4. The van der Waals surface area contributed by atoms with E-state index in [4.69, 9.17) is 21.7 Å². The van der Waals surface area contributed by atoms with E-state index in [1.54, 1.807) is 7.11 Å². The molecule has 5 aromatic rings. The first-order valence-corrected chi connectivity index (χ1v) is 13.7. The summed E-state index contributed by atoms with van der Waals surface area (Å²) >= 11 is 9.54. The minimum atomic E-state index is -0.144. The third kappa shape index (κ3) is 5.13. The maximum absolute atomic E-state index is 6.06. The summed E-state index contributed by atoms with van der Waals surface area (Å²) in [5.41, 5.74) is 4.04. The Morgan fingerprint density at radius 1 is 0.821 bits per heavy atom. The maximum Gasteiger partial charge on any atom is 0.174 e. The van der Waals surface area contributed by atoms with Crippen molar-refractivity contribution in [1.29, 1.82) is 0 Å². The quantitative estimate of drug-likeness (QED) is 0.195. The molecule has 1 aliphatic rings. The Bertz CT molecular complexity index is 1590. The number of nitrogens with one attached hydrogen (secondary N) is 1. The molecule has 0 spiro atoms. The van der Waals surface area contributed by atoms with Gasteiger partial charge in [0.2, 0.25) is 0 Å². The van der Waals surface area contributed by atoms with Crippen molar-refractivity contribution in [2.75, 3.05) is 12.0 Å². The van der Waals surface area contributed by atoms with Gasteiger partial charge < -0.3 is 24.3 Å². The molecule has 2 aromatic heterocycles. The number of aromatic nitrogens is 2. The number of rotatable bonds is 7. The summed E-state index contributed by atoms with van der Waals surface area (Å²) in [5, 5.41) is 4.18. The highest BCUT2D eigenvalue weighted by molar-refractivity contribution is 9.10. The van der Waals surface area contributed by atoms with Gasteiger partial charge in [0, 0.05) is 33.9 Å². The minimum Gasteiger partial charge on any atom is -0.497 e. The summed E-state index contributed by atoms with van der Waals surface area (Å²) in [4.78, 5) is 6.84. The number of thiocarbonyl (C=S) groups is 1. The molecule has 3 aromatic carbocycles. The van der Waals surface area contributed by atoms with Crippen molar-refractivity contribution < 1.29 is 9.47 Å². The molecule has 8 heteroatoms. The monoisotopic (exact) mass is 596 g/mol. The first-order valence-electron chi connectivity index (χ1n) is 12.5. The molecule has 6 rings (SSSR count). The van der Waals surface area contributed by atoms with Crippen LogP contribution in [-0.4, -0.2) is 21.8 Å². The number of hydrogen-bond donors (Lipinski definition) is 1. The molecule has 39 heavy (non-hydrogen) atoms. The van der Waals surface area contributed by atoms with Gasteiger partial charge in [0.05, 0.1) is 18.8 Å². The highest BCUT2D eigenvalue weighted by Gasteiger charge is 2.42. The van der Waals surface area contributed by atoms with E-state index in [1.165, 1.54) is 0 Å². The molecule has 0 radical (unpaired) electrons. The fourth-order valence-electron chi connectivity index (χ4n) is 4.88. The van der Waals surface area contributed by atoms with E-state index in [0.29, 0.717) is 5.11 Å². The van der Waals surface area contributed by atoms with Crippen molar-refractivity contribution >= 4 is 38.9 Å². The summed E-state index contributed by atoms with van der Waals surface area (Å²) in [5.74, 6) is 2.26. The molecule has 0 saturated carbocycles. The lowest BCUT2D eigenvalue weighted by atomic mass is 10.0. The standard InChI is InChI=1S/C31H25BrN4O2S/c1-37-24-14-16-26(17-15-24)38-25-12-10-22(11-13-25)36-30(29(34-31(36)39)27-8-2-3-18-33-27)28-9-5-19-35(28)23-7-4-6-21(32)20-23/h2-20,29-30H,1H3,(H,34,39). The maximum atomic E-state index is 6.06. The molecule has 1 saturated heterocycles. The zero-order valence-electron chi connectivity index (χ0n) is 21.1. The van der Waals surface area contributed by atoms with Gasteiger partial charge in [-0.2, -0.15) is 0 Å². The number of pyridine rings is 1. The number of halogens is 1. The van der Waals surface area contributed by atoms with E-state index >= 15 is 0 Å². The molecule has 1 fully saturated rings. The minimum absolute atomic E-state index is 0.144. The van der Waals surface area contributed by atoms with Crippen LogP contribution >= 0.6 is 28.1 Å². The lowest BCUT2D eigenvalue weighted by molar-refractivity contribution is 0.413. The molecule has 194 valence electrons. The first kappa shape index (κ1) is 25.2. The predicted molar refractivity (Wildman–Crippen MR) is 161 cm³/mol. The van der Waals surface area contributed by atoms with Crippen molar-refractivity contribution in [2.24, 2.45) is 0 Å². The van der Waals surface area contributed by atoms with Gasteiger partial charge in [-0.15, -0.1) is 0 Å².